The Morgan fingerprint density at radius 1 is 1.07 bits per heavy atom. The van der Waals surface area contributed by atoms with Gasteiger partial charge in [0.15, 0.2) is 12.4 Å². The fraction of sp³-hybridized carbons (Fsp3) is 0.158. The summed E-state index contributed by atoms with van der Waals surface area (Å²) in [6, 6.07) is 13.9. The Hall–Kier alpha value is -2.21. The Bertz CT molecular complexity index is 955. The van der Waals surface area contributed by atoms with Crippen LogP contribution in [0.4, 0.5) is 5.82 Å². The van der Waals surface area contributed by atoms with Gasteiger partial charge in [-0.05, 0) is 48.9 Å². The third-order valence-electron chi connectivity index (χ3n) is 3.77. The number of carbonyl (C=O) groups is 1. The molecule has 5 nitrogen and oxygen atoms in total. The molecule has 1 heterocycles. The van der Waals surface area contributed by atoms with Gasteiger partial charge in [0.2, 0.25) is 0 Å². The molecule has 1 aromatic heterocycles. The first-order valence-corrected chi connectivity index (χ1v) is 9.21. The molecular weight excluding hydrogens is 409 g/mol. The van der Waals surface area contributed by atoms with Crippen LogP contribution in [0.1, 0.15) is 11.3 Å². The van der Waals surface area contributed by atoms with E-state index < -0.39 is 0 Å². The fourth-order valence-electron chi connectivity index (χ4n) is 2.40. The minimum Gasteiger partial charge on any atom is -0.484 e. The number of ether oxygens (including phenoxy) is 1. The molecule has 1 amide bonds. The van der Waals surface area contributed by atoms with Gasteiger partial charge >= 0.3 is 0 Å². The van der Waals surface area contributed by atoms with Crippen molar-refractivity contribution in [2.45, 2.75) is 13.5 Å². The van der Waals surface area contributed by atoms with Crippen LogP contribution in [0.25, 0.3) is 0 Å². The largest absolute Gasteiger partial charge is 0.484 e. The molecule has 0 atom stereocenters. The number of halogens is 3. The van der Waals surface area contributed by atoms with Gasteiger partial charge in [-0.2, -0.15) is 5.10 Å². The lowest BCUT2D eigenvalue weighted by Crippen LogP contribution is -2.20. The van der Waals surface area contributed by atoms with Gasteiger partial charge in [-0.3, -0.25) is 9.48 Å². The van der Waals surface area contributed by atoms with Crippen LogP contribution in [0.5, 0.6) is 5.75 Å². The Balaban J connectivity index is 1.60. The van der Waals surface area contributed by atoms with Gasteiger partial charge in [-0.25, -0.2) is 0 Å². The van der Waals surface area contributed by atoms with Gasteiger partial charge in [0.25, 0.3) is 5.91 Å². The summed E-state index contributed by atoms with van der Waals surface area (Å²) in [7, 11) is 0. The van der Waals surface area contributed by atoms with E-state index in [2.05, 4.69) is 10.4 Å². The minimum atomic E-state index is -0.306. The highest BCUT2D eigenvalue weighted by atomic mass is 35.5. The molecule has 0 saturated heterocycles. The maximum atomic E-state index is 12.1. The first-order chi connectivity index (χ1) is 12.9. The van der Waals surface area contributed by atoms with E-state index in [4.69, 9.17) is 39.5 Å². The second kappa shape index (κ2) is 8.65. The van der Waals surface area contributed by atoms with Crippen molar-refractivity contribution in [3.8, 4) is 5.75 Å². The highest BCUT2D eigenvalue weighted by Gasteiger charge is 2.11. The van der Waals surface area contributed by atoms with Crippen LogP contribution in [-0.2, 0) is 11.3 Å². The summed E-state index contributed by atoms with van der Waals surface area (Å²) in [5, 5.41) is 8.87. The molecule has 1 N–H and O–H groups in total. The van der Waals surface area contributed by atoms with Crippen molar-refractivity contribution in [2.24, 2.45) is 0 Å². The molecule has 0 aliphatic heterocycles. The topological polar surface area (TPSA) is 56.1 Å². The van der Waals surface area contributed by atoms with E-state index in [1.165, 1.54) is 0 Å². The Morgan fingerprint density at radius 3 is 2.48 bits per heavy atom. The summed E-state index contributed by atoms with van der Waals surface area (Å²) in [6.07, 6.45) is 0. The van der Waals surface area contributed by atoms with E-state index in [-0.39, 0.29) is 12.5 Å². The number of aryl methyl sites for hydroxylation is 1. The average Bonchev–Trinajstić information content (AvgIpc) is 2.96. The maximum absolute atomic E-state index is 12.1. The van der Waals surface area contributed by atoms with Crippen molar-refractivity contribution in [3.63, 3.8) is 0 Å². The quantitative estimate of drug-likeness (QED) is 0.590. The predicted octanol–water partition coefficient (Wildman–Crippen LogP) is 5.22. The second-order valence-electron chi connectivity index (χ2n) is 5.86. The molecule has 0 unspecified atom stereocenters. The summed E-state index contributed by atoms with van der Waals surface area (Å²) in [5.41, 5.74) is 1.77. The first-order valence-electron chi connectivity index (χ1n) is 8.07. The van der Waals surface area contributed by atoms with Gasteiger partial charge in [-0.15, -0.1) is 0 Å². The van der Waals surface area contributed by atoms with Crippen molar-refractivity contribution in [2.75, 3.05) is 11.9 Å². The van der Waals surface area contributed by atoms with Crippen LogP contribution in [0.15, 0.2) is 48.5 Å². The van der Waals surface area contributed by atoms with Crippen LogP contribution in [-0.4, -0.2) is 22.3 Å². The van der Waals surface area contributed by atoms with Crippen molar-refractivity contribution < 1.29 is 9.53 Å². The number of amides is 1. The van der Waals surface area contributed by atoms with Gasteiger partial charge in [-0.1, -0.05) is 40.9 Å². The zero-order valence-corrected chi connectivity index (χ0v) is 16.6. The van der Waals surface area contributed by atoms with Crippen molar-refractivity contribution in [3.05, 3.63) is 74.9 Å². The van der Waals surface area contributed by atoms with Crippen LogP contribution in [0.3, 0.4) is 0 Å². The normalized spacial score (nSPS) is 10.7. The number of nitrogens with zero attached hydrogens (tertiary/aromatic N) is 2. The Labute approximate surface area is 171 Å². The summed E-state index contributed by atoms with van der Waals surface area (Å²) < 4.78 is 7.17. The summed E-state index contributed by atoms with van der Waals surface area (Å²) in [5.74, 6) is 0.704. The number of rotatable bonds is 6. The molecule has 0 aliphatic carbocycles. The van der Waals surface area contributed by atoms with Crippen LogP contribution in [0, 0.1) is 6.92 Å². The van der Waals surface area contributed by atoms with Crippen molar-refractivity contribution in [1.82, 2.24) is 9.78 Å². The molecule has 0 spiro atoms. The lowest BCUT2D eigenvalue weighted by molar-refractivity contribution is -0.118. The lowest BCUT2D eigenvalue weighted by Gasteiger charge is -2.07. The second-order valence-corrected chi connectivity index (χ2v) is 7.14. The number of hydrogen-bond donors (Lipinski definition) is 1. The highest BCUT2D eigenvalue weighted by molar-refractivity contribution is 6.35. The third-order valence-corrected chi connectivity index (χ3v) is 4.61. The minimum absolute atomic E-state index is 0.128. The highest BCUT2D eigenvalue weighted by Crippen LogP contribution is 2.22. The van der Waals surface area contributed by atoms with Gasteiger partial charge < -0.3 is 10.1 Å². The van der Waals surface area contributed by atoms with Crippen LogP contribution >= 0.6 is 34.8 Å². The summed E-state index contributed by atoms with van der Waals surface area (Å²) in [6.45, 7) is 2.24. The van der Waals surface area contributed by atoms with E-state index in [1.54, 1.807) is 47.1 Å². The van der Waals surface area contributed by atoms with E-state index in [1.807, 2.05) is 13.0 Å². The van der Waals surface area contributed by atoms with E-state index in [0.29, 0.717) is 33.2 Å². The molecule has 8 heteroatoms. The summed E-state index contributed by atoms with van der Waals surface area (Å²) in [4.78, 5) is 12.1. The molecule has 0 radical (unpaired) electrons. The fourth-order valence-corrected chi connectivity index (χ4v) is 3.00. The molecule has 27 heavy (non-hydrogen) atoms. The molecule has 140 valence electrons. The number of aromatic nitrogens is 2. The smallest absolute Gasteiger partial charge is 0.263 e. The molecule has 0 fully saturated rings. The number of nitrogens with one attached hydrogen (secondary N) is 1. The number of benzene rings is 2. The predicted molar refractivity (Wildman–Crippen MR) is 108 cm³/mol. The number of carbonyl (C=O) groups excluding carboxylic acids is 1. The van der Waals surface area contributed by atoms with Crippen LogP contribution in [0.2, 0.25) is 15.1 Å². The summed E-state index contributed by atoms with van der Waals surface area (Å²) >= 11 is 17.9. The van der Waals surface area contributed by atoms with E-state index in [9.17, 15) is 4.79 Å². The van der Waals surface area contributed by atoms with Gasteiger partial charge in [0.05, 0.1) is 6.54 Å². The van der Waals surface area contributed by atoms with E-state index >= 15 is 0 Å². The zero-order chi connectivity index (χ0) is 19.4. The zero-order valence-electron chi connectivity index (χ0n) is 14.4. The average molecular weight is 425 g/mol. The standard InChI is InChI=1S/C19H16Cl3N3O2/c1-12-8-18(23-19(26)11-27-16-6-4-14(20)5-7-16)24-25(12)10-13-2-3-15(21)9-17(13)22/h2-9H,10-11H2,1H3,(H,23,24,26). The third kappa shape index (κ3) is 5.39. The molecule has 0 saturated carbocycles. The monoisotopic (exact) mass is 423 g/mol. The number of hydrogen-bond acceptors (Lipinski definition) is 3. The molecule has 0 bridgehead atoms. The van der Waals surface area contributed by atoms with E-state index in [0.717, 1.165) is 11.3 Å². The SMILES string of the molecule is Cc1cc(NC(=O)COc2ccc(Cl)cc2)nn1Cc1ccc(Cl)cc1Cl. The van der Waals surface area contributed by atoms with Gasteiger partial charge in [0.1, 0.15) is 5.75 Å². The molecule has 3 aromatic rings. The van der Waals surface area contributed by atoms with Crippen molar-refractivity contribution >= 4 is 46.5 Å². The number of anilines is 1. The molecule has 3 rings (SSSR count). The first kappa shape index (κ1) is 19.5. The Morgan fingerprint density at radius 2 is 1.78 bits per heavy atom. The van der Waals surface area contributed by atoms with Crippen molar-refractivity contribution in [1.29, 1.82) is 0 Å². The lowest BCUT2D eigenvalue weighted by atomic mass is 10.2. The molecule has 0 aliphatic rings. The van der Waals surface area contributed by atoms with Gasteiger partial charge in [0, 0.05) is 26.8 Å². The Kier molecular flexibility index (Phi) is 6.26. The molecular formula is C19H16Cl3N3O2. The maximum Gasteiger partial charge on any atom is 0.263 e. The van der Waals surface area contributed by atoms with Crippen LogP contribution < -0.4 is 10.1 Å². The molecule has 2 aromatic carbocycles.